The molecule has 3 amide bonds. The lowest BCUT2D eigenvalue weighted by atomic mass is 9.70. The minimum atomic E-state index is -1.58. The van der Waals surface area contributed by atoms with Gasteiger partial charge in [-0.2, -0.15) is 5.06 Å². The van der Waals surface area contributed by atoms with Crippen LogP contribution in [0.1, 0.15) is 89.8 Å². The highest BCUT2D eigenvalue weighted by atomic mass is 16.7. The number of benzene rings is 2. The SMILES string of the molecule is COc1ccc(CNC(=O)[C@@H]2[C@@H]3C(OC(=O)CC(C)C)C4OC4C[C@]3(C(=O)NCCCCCC(N)=O)ON2Cc2ccccc2C#CC(C)(C)C)cc1. The number of nitrogens with zero attached hydrogens (tertiary/aromatic N) is 1. The van der Waals surface area contributed by atoms with Crippen molar-refractivity contribution in [1.82, 2.24) is 15.7 Å². The van der Waals surface area contributed by atoms with E-state index in [1.807, 2.05) is 83.1 Å². The number of nitrogens with one attached hydrogen (secondary N) is 2. The van der Waals surface area contributed by atoms with Crippen LogP contribution < -0.4 is 21.1 Å². The van der Waals surface area contributed by atoms with Gasteiger partial charge in [0, 0.05) is 43.3 Å². The number of amides is 3. The summed E-state index contributed by atoms with van der Waals surface area (Å²) in [6, 6.07) is 14.0. The molecule has 2 aliphatic heterocycles. The van der Waals surface area contributed by atoms with Crippen molar-refractivity contribution < 1.29 is 38.2 Å². The maximum atomic E-state index is 14.6. The van der Waals surface area contributed by atoms with E-state index in [0.29, 0.717) is 31.6 Å². The average Bonchev–Trinajstić information content (AvgIpc) is 3.80. The zero-order valence-electron chi connectivity index (χ0n) is 31.7. The third kappa shape index (κ3) is 10.2. The first-order valence-electron chi connectivity index (χ1n) is 18.6. The first-order chi connectivity index (χ1) is 25.2. The Labute approximate surface area is 312 Å². The molecule has 3 aliphatic rings. The third-order valence-electron chi connectivity index (χ3n) is 9.70. The Morgan fingerprint density at radius 1 is 1.04 bits per heavy atom. The Balaban J connectivity index is 1.51. The van der Waals surface area contributed by atoms with Crippen LogP contribution in [0.3, 0.4) is 0 Å². The van der Waals surface area contributed by atoms with Gasteiger partial charge in [0.1, 0.15) is 24.0 Å². The second-order valence-electron chi connectivity index (χ2n) is 15.7. The smallest absolute Gasteiger partial charge is 0.306 e. The number of unbranched alkanes of at least 4 members (excludes halogenated alkanes) is 2. The normalized spacial score (nSPS) is 24.6. The van der Waals surface area contributed by atoms with E-state index in [2.05, 4.69) is 22.5 Å². The number of methoxy groups -OCH3 is 1. The van der Waals surface area contributed by atoms with Crippen molar-refractivity contribution in [3.8, 4) is 17.6 Å². The Hall–Kier alpha value is -4.44. The van der Waals surface area contributed by atoms with E-state index in [4.69, 9.17) is 24.8 Å². The molecule has 2 aromatic carbocycles. The second kappa shape index (κ2) is 17.1. The highest BCUT2D eigenvalue weighted by Gasteiger charge is 2.73. The van der Waals surface area contributed by atoms with E-state index in [9.17, 15) is 19.2 Å². The van der Waals surface area contributed by atoms with Gasteiger partial charge in [-0.25, -0.2) is 0 Å². The van der Waals surface area contributed by atoms with Crippen molar-refractivity contribution in [2.45, 2.75) is 116 Å². The Morgan fingerprint density at radius 2 is 1.77 bits per heavy atom. The van der Waals surface area contributed by atoms with E-state index < -0.39 is 47.7 Å². The van der Waals surface area contributed by atoms with E-state index in [-0.39, 0.29) is 55.5 Å². The van der Waals surface area contributed by atoms with Crippen LogP contribution in [0.25, 0.3) is 0 Å². The summed E-state index contributed by atoms with van der Waals surface area (Å²) in [4.78, 5) is 60.4. The number of hydrogen-bond acceptors (Lipinski definition) is 9. The monoisotopic (exact) mass is 730 g/mol. The first-order valence-corrected chi connectivity index (χ1v) is 18.6. The maximum absolute atomic E-state index is 14.6. The molecule has 4 N–H and O–H groups in total. The molecule has 6 atom stereocenters. The molecular weight excluding hydrogens is 676 g/mol. The summed E-state index contributed by atoms with van der Waals surface area (Å²) < 4.78 is 17.5. The number of primary amides is 1. The molecule has 1 aliphatic carbocycles. The lowest BCUT2D eigenvalue weighted by Gasteiger charge is -2.39. The number of carbonyl (C=O) groups is 4. The highest BCUT2D eigenvalue weighted by Crippen LogP contribution is 2.54. The minimum absolute atomic E-state index is 0.0373. The molecule has 0 spiro atoms. The van der Waals surface area contributed by atoms with E-state index in [1.54, 1.807) is 12.2 Å². The largest absolute Gasteiger partial charge is 0.497 e. The average molecular weight is 731 g/mol. The minimum Gasteiger partial charge on any atom is -0.497 e. The van der Waals surface area contributed by atoms with Crippen molar-refractivity contribution in [2.75, 3.05) is 13.7 Å². The molecule has 2 heterocycles. The van der Waals surface area contributed by atoms with Crippen molar-refractivity contribution in [1.29, 1.82) is 0 Å². The van der Waals surface area contributed by atoms with Crippen molar-refractivity contribution in [2.24, 2.45) is 23.0 Å². The summed E-state index contributed by atoms with van der Waals surface area (Å²) in [7, 11) is 1.59. The van der Waals surface area contributed by atoms with Gasteiger partial charge in [-0.05, 0) is 68.9 Å². The number of hydroxylamine groups is 2. The van der Waals surface area contributed by atoms with Crippen molar-refractivity contribution >= 4 is 23.7 Å². The number of nitrogens with two attached hydrogens (primary N) is 1. The molecule has 3 fully saturated rings. The summed E-state index contributed by atoms with van der Waals surface area (Å²) >= 11 is 0. The summed E-state index contributed by atoms with van der Waals surface area (Å²) in [5.41, 5.74) is 5.91. The number of carbonyl (C=O) groups excluding carboxylic acids is 4. The van der Waals surface area contributed by atoms with Gasteiger partial charge in [0.05, 0.1) is 25.7 Å². The van der Waals surface area contributed by atoms with Gasteiger partial charge < -0.3 is 30.6 Å². The molecule has 12 nitrogen and oxygen atoms in total. The van der Waals surface area contributed by atoms with E-state index >= 15 is 0 Å². The van der Waals surface area contributed by atoms with Gasteiger partial charge in [-0.15, -0.1) is 0 Å². The number of ether oxygens (including phenoxy) is 3. The molecule has 0 aromatic heterocycles. The highest BCUT2D eigenvalue weighted by molar-refractivity contribution is 5.90. The summed E-state index contributed by atoms with van der Waals surface area (Å²) in [6.07, 6.45) is 0.762. The predicted molar refractivity (Wildman–Crippen MR) is 198 cm³/mol. The van der Waals surface area contributed by atoms with Gasteiger partial charge in [0.2, 0.25) is 11.8 Å². The Kier molecular flexibility index (Phi) is 12.9. The Bertz CT molecular complexity index is 1690. The fraction of sp³-hybridized carbons (Fsp3) is 0.561. The molecular formula is C41H54N4O8. The number of rotatable bonds is 16. The molecule has 3 unspecified atom stereocenters. The van der Waals surface area contributed by atoms with Gasteiger partial charge >= 0.3 is 5.97 Å². The molecule has 2 saturated heterocycles. The number of epoxide rings is 1. The van der Waals surface area contributed by atoms with Crippen molar-refractivity contribution in [3.05, 3.63) is 65.2 Å². The van der Waals surface area contributed by atoms with Crippen LogP contribution in [0.15, 0.2) is 48.5 Å². The topological polar surface area (TPSA) is 162 Å². The second-order valence-corrected chi connectivity index (χ2v) is 15.7. The fourth-order valence-corrected chi connectivity index (χ4v) is 7.07. The van der Waals surface area contributed by atoms with Crippen LogP contribution in [0.4, 0.5) is 0 Å². The number of fused-ring (bicyclic) bond motifs is 2. The van der Waals surface area contributed by atoms with Crippen LogP contribution in [-0.2, 0) is 46.6 Å². The zero-order valence-corrected chi connectivity index (χ0v) is 31.7. The maximum Gasteiger partial charge on any atom is 0.306 e. The molecule has 5 rings (SSSR count). The first kappa shape index (κ1) is 39.8. The summed E-state index contributed by atoms with van der Waals surface area (Å²) in [6.45, 7) is 10.6. The Morgan fingerprint density at radius 3 is 2.45 bits per heavy atom. The van der Waals surface area contributed by atoms with Crippen LogP contribution >= 0.6 is 0 Å². The molecule has 0 radical (unpaired) electrons. The molecule has 53 heavy (non-hydrogen) atoms. The molecule has 286 valence electrons. The number of hydrogen-bond donors (Lipinski definition) is 3. The van der Waals surface area contributed by atoms with E-state index in [1.165, 1.54) is 0 Å². The predicted octanol–water partition coefficient (Wildman–Crippen LogP) is 4.17. The van der Waals surface area contributed by atoms with Gasteiger partial charge in [0.25, 0.3) is 5.91 Å². The zero-order chi connectivity index (χ0) is 38.3. The van der Waals surface area contributed by atoms with Gasteiger partial charge in [-0.1, -0.05) is 62.4 Å². The van der Waals surface area contributed by atoms with Crippen LogP contribution in [-0.4, -0.2) is 72.4 Å². The van der Waals surface area contributed by atoms with Gasteiger partial charge in [0.15, 0.2) is 5.60 Å². The lowest BCUT2D eigenvalue weighted by Crippen LogP contribution is -2.62. The van der Waals surface area contributed by atoms with Crippen LogP contribution in [0, 0.1) is 29.1 Å². The quantitative estimate of drug-likeness (QED) is 0.0997. The third-order valence-corrected chi connectivity index (χ3v) is 9.70. The van der Waals surface area contributed by atoms with Crippen molar-refractivity contribution in [3.63, 3.8) is 0 Å². The summed E-state index contributed by atoms with van der Waals surface area (Å²) in [5, 5.41) is 7.69. The molecule has 0 bridgehead atoms. The summed E-state index contributed by atoms with van der Waals surface area (Å²) in [5.74, 6) is 4.85. The molecule has 12 heteroatoms. The fourth-order valence-electron chi connectivity index (χ4n) is 7.07. The van der Waals surface area contributed by atoms with E-state index in [0.717, 1.165) is 16.7 Å². The van der Waals surface area contributed by atoms with Crippen LogP contribution in [0.2, 0.25) is 0 Å². The van der Waals surface area contributed by atoms with Crippen LogP contribution in [0.5, 0.6) is 5.75 Å². The van der Waals surface area contributed by atoms with Gasteiger partial charge in [-0.3, -0.25) is 24.0 Å². The molecule has 2 aromatic rings. The standard InChI is InChI=1S/C41H54N4O8/c1-26(2)22-33(47)52-37-34-35(38(48)44-24-27-15-17-30(50-6)18-16-27)45(25-29-13-10-9-12-28(29)19-20-40(3,4)5)53-41(34,23-31-36(37)51-31)39(49)43-21-11-7-8-14-32(42)46/h9-10,12-13,15-18,26,31,34-37H,7-8,11,14,21-25H2,1-6H3,(H2,42,46)(H,43,49)(H,44,48)/t31?,34-,35+,36?,37?,41+/m1/s1. The number of esters is 1. The molecule has 1 saturated carbocycles. The lowest BCUT2D eigenvalue weighted by molar-refractivity contribution is -0.220.